The summed E-state index contributed by atoms with van der Waals surface area (Å²) in [4.78, 5) is 32.4. The number of fused-ring (bicyclic) bond motifs is 1. The van der Waals surface area contributed by atoms with E-state index in [4.69, 9.17) is 14.1 Å². The minimum absolute atomic E-state index is 0.0810. The Morgan fingerprint density at radius 2 is 1.73 bits per heavy atom. The van der Waals surface area contributed by atoms with Crippen LogP contribution >= 0.6 is 11.3 Å². The number of ether oxygens (including phenoxy) is 1. The van der Waals surface area contributed by atoms with Crippen molar-refractivity contribution in [3.8, 4) is 11.3 Å². The first-order valence-corrected chi connectivity index (χ1v) is 14.3. The van der Waals surface area contributed by atoms with Crippen LogP contribution in [-0.4, -0.2) is 17.1 Å². The molecule has 1 aliphatic heterocycles. The topological polar surface area (TPSA) is 73.8 Å². The van der Waals surface area contributed by atoms with Gasteiger partial charge in [-0.15, -0.1) is 0 Å². The van der Waals surface area contributed by atoms with Crippen molar-refractivity contribution in [3.63, 3.8) is 0 Å². The van der Waals surface area contributed by atoms with E-state index in [1.165, 1.54) is 53.1 Å². The summed E-state index contributed by atoms with van der Waals surface area (Å²) in [5.41, 5.74) is 0.448. The molecule has 0 fully saturated rings. The summed E-state index contributed by atoms with van der Waals surface area (Å²) in [6.45, 7) is 1.75. The van der Waals surface area contributed by atoms with E-state index in [2.05, 4.69) is 0 Å². The molecular weight excluding hydrogens is 596 g/mol. The standard InChI is InChI=1S/C33H22F4N2O4S/c1-2-42-31(41)27-28(19-7-4-3-5-8-19)38-32-39(29(27)20-11-13-23(34)14-12-20)30(40)26(44-32)18-24-15-16-25(43-24)21-9-6-10-22(17-21)33(35,36)37/h3-18,29H,2H2,1H3. The predicted molar refractivity (Wildman–Crippen MR) is 157 cm³/mol. The number of rotatable bonds is 6. The number of nitrogens with zero attached hydrogens (tertiary/aromatic N) is 2. The molecule has 5 aromatic rings. The molecule has 3 heterocycles. The molecule has 1 atom stereocenters. The number of alkyl halides is 3. The van der Waals surface area contributed by atoms with Gasteiger partial charge in [-0.1, -0.05) is 65.9 Å². The highest BCUT2D eigenvalue weighted by molar-refractivity contribution is 7.07. The van der Waals surface area contributed by atoms with Crippen LogP contribution in [0, 0.1) is 5.82 Å². The minimum Gasteiger partial charge on any atom is -0.463 e. The molecule has 0 radical (unpaired) electrons. The maximum Gasteiger partial charge on any atom is 0.416 e. The number of carbonyl (C=O) groups excluding carboxylic acids is 1. The molecule has 11 heteroatoms. The summed E-state index contributed by atoms with van der Waals surface area (Å²) in [5, 5.41) is 0. The predicted octanol–water partition coefficient (Wildman–Crippen LogP) is 6.35. The molecule has 0 amide bonds. The molecule has 0 aliphatic carbocycles. The number of thiazole rings is 1. The van der Waals surface area contributed by atoms with Crippen LogP contribution in [0.1, 0.15) is 35.4 Å². The third kappa shape index (κ3) is 5.53. The maximum absolute atomic E-state index is 13.9. The average Bonchev–Trinajstić information content (AvgIpc) is 3.61. The van der Waals surface area contributed by atoms with Gasteiger partial charge < -0.3 is 9.15 Å². The van der Waals surface area contributed by atoms with Crippen molar-refractivity contribution in [2.75, 3.05) is 6.61 Å². The molecule has 6 rings (SSSR count). The van der Waals surface area contributed by atoms with Gasteiger partial charge in [0.05, 0.1) is 34.0 Å². The highest BCUT2D eigenvalue weighted by Gasteiger charge is 2.35. The summed E-state index contributed by atoms with van der Waals surface area (Å²) >= 11 is 1.05. The Hall–Kier alpha value is -5.03. The molecule has 3 aromatic carbocycles. The summed E-state index contributed by atoms with van der Waals surface area (Å²) in [7, 11) is 0. The molecule has 44 heavy (non-hydrogen) atoms. The van der Waals surface area contributed by atoms with Crippen molar-refractivity contribution < 1.29 is 31.5 Å². The van der Waals surface area contributed by atoms with Crippen LogP contribution < -0.4 is 14.9 Å². The zero-order valence-electron chi connectivity index (χ0n) is 23.0. The van der Waals surface area contributed by atoms with E-state index in [1.807, 2.05) is 6.07 Å². The van der Waals surface area contributed by atoms with Crippen molar-refractivity contribution in [2.24, 2.45) is 4.99 Å². The molecule has 0 spiro atoms. The zero-order chi connectivity index (χ0) is 31.0. The Morgan fingerprint density at radius 1 is 1.00 bits per heavy atom. The SMILES string of the molecule is CCOC(=O)C1=C(c2ccccc2)N=c2sc(=Cc3ccc(-c4cccc(C(F)(F)F)c4)o3)c(=O)n2C1c1ccc(F)cc1. The average molecular weight is 619 g/mol. The Kier molecular flexibility index (Phi) is 7.64. The normalized spacial score (nSPS) is 15.2. The quantitative estimate of drug-likeness (QED) is 0.164. The Balaban J connectivity index is 1.52. The molecule has 6 nitrogen and oxygen atoms in total. The van der Waals surface area contributed by atoms with Gasteiger partial charge in [-0.2, -0.15) is 13.2 Å². The molecule has 0 N–H and O–H groups in total. The van der Waals surface area contributed by atoms with Gasteiger partial charge in [0, 0.05) is 17.2 Å². The minimum atomic E-state index is -4.51. The van der Waals surface area contributed by atoms with E-state index in [0.29, 0.717) is 16.8 Å². The second-order valence-corrected chi connectivity index (χ2v) is 10.8. The monoisotopic (exact) mass is 618 g/mol. The van der Waals surface area contributed by atoms with Gasteiger partial charge >= 0.3 is 12.1 Å². The number of furan rings is 1. The Bertz CT molecular complexity index is 2070. The van der Waals surface area contributed by atoms with Crippen LogP contribution in [0.3, 0.4) is 0 Å². The van der Waals surface area contributed by atoms with Crippen molar-refractivity contribution in [1.29, 1.82) is 0 Å². The molecule has 0 saturated heterocycles. The molecule has 222 valence electrons. The second-order valence-electron chi connectivity index (χ2n) is 9.76. The lowest BCUT2D eigenvalue weighted by Gasteiger charge is -2.25. The summed E-state index contributed by atoms with van der Waals surface area (Å²) < 4.78 is 66.4. The number of hydrogen-bond donors (Lipinski definition) is 0. The largest absolute Gasteiger partial charge is 0.463 e. The first kappa shape index (κ1) is 29.1. The van der Waals surface area contributed by atoms with E-state index in [0.717, 1.165) is 23.5 Å². The number of hydrogen-bond acceptors (Lipinski definition) is 6. The van der Waals surface area contributed by atoms with Crippen molar-refractivity contribution in [3.05, 3.63) is 145 Å². The third-order valence-corrected chi connectivity index (χ3v) is 7.92. The van der Waals surface area contributed by atoms with Gasteiger partial charge in [0.25, 0.3) is 5.56 Å². The van der Waals surface area contributed by atoms with Crippen LogP contribution in [0.5, 0.6) is 0 Å². The van der Waals surface area contributed by atoms with Crippen molar-refractivity contribution in [2.45, 2.75) is 19.1 Å². The van der Waals surface area contributed by atoms with E-state index in [-0.39, 0.29) is 38.6 Å². The fourth-order valence-corrected chi connectivity index (χ4v) is 5.95. The van der Waals surface area contributed by atoms with Gasteiger partial charge in [-0.05, 0) is 48.9 Å². The maximum atomic E-state index is 13.9. The fraction of sp³-hybridized carbons (Fsp3) is 0.121. The number of esters is 1. The third-order valence-electron chi connectivity index (χ3n) is 6.93. The zero-order valence-corrected chi connectivity index (χ0v) is 23.8. The first-order valence-electron chi connectivity index (χ1n) is 13.5. The number of benzene rings is 3. The first-order chi connectivity index (χ1) is 21.1. The second kappa shape index (κ2) is 11.6. The molecule has 0 bridgehead atoms. The highest BCUT2D eigenvalue weighted by atomic mass is 32.1. The molecule has 1 unspecified atom stereocenters. The van der Waals surface area contributed by atoms with Crippen LogP contribution in [0.4, 0.5) is 17.6 Å². The van der Waals surface area contributed by atoms with Gasteiger partial charge in [0.15, 0.2) is 4.80 Å². The molecular formula is C33H22F4N2O4S. The number of carbonyl (C=O) groups is 1. The van der Waals surface area contributed by atoms with Crippen LogP contribution in [0.25, 0.3) is 23.1 Å². The van der Waals surface area contributed by atoms with E-state index in [1.54, 1.807) is 37.3 Å². The van der Waals surface area contributed by atoms with Gasteiger partial charge in [-0.3, -0.25) is 9.36 Å². The van der Waals surface area contributed by atoms with E-state index >= 15 is 0 Å². The molecule has 1 aliphatic rings. The lowest BCUT2D eigenvalue weighted by atomic mass is 9.93. The van der Waals surface area contributed by atoms with Gasteiger partial charge in [0.1, 0.15) is 17.3 Å². The lowest BCUT2D eigenvalue weighted by molar-refractivity contribution is -0.139. The smallest absolute Gasteiger partial charge is 0.416 e. The lowest BCUT2D eigenvalue weighted by Crippen LogP contribution is -2.40. The van der Waals surface area contributed by atoms with Gasteiger partial charge in [0.2, 0.25) is 0 Å². The summed E-state index contributed by atoms with van der Waals surface area (Å²) in [5.74, 6) is -0.736. The number of aromatic nitrogens is 1. The molecule has 0 saturated carbocycles. The van der Waals surface area contributed by atoms with Crippen LogP contribution in [0.15, 0.2) is 111 Å². The number of halogens is 4. The van der Waals surface area contributed by atoms with Crippen molar-refractivity contribution in [1.82, 2.24) is 4.57 Å². The molecule has 2 aromatic heterocycles. The summed E-state index contributed by atoms with van der Waals surface area (Å²) in [6.07, 6.45) is -3.04. The van der Waals surface area contributed by atoms with Crippen molar-refractivity contribution >= 4 is 29.1 Å². The van der Waals surface area contributed by atoms with E-state index in [9.17, 15) is 27.2 Å². The highest BCUT2D eigenvalue weighted by Crippen LogP contribution is 2.36. The van der Waals surface area contributed by atoms with E-state index < -0.39 is 35.1 Å². The van der Waals surface area contributed by atoms with Crippen LogP contribution in [0.2, 0.25) is 0 Å². The Morgan fingerprint density at radius 3 is 2.43 bits per heavy atom. The summed E-state index contributed by atoms with van der Waals surface area (Å²) in [6, 6.07) is 21.3. The Labute approximate surface area is 251 Å². The fourth-order valence-electron chi connectivity index (χ4n) is 4.96. The van der Waals surface area contributed by atoms with Gasteiger partial charge in [-0.25, -0.2) is 14.2 Å². The van der Waals surface area contributed by atoms with Crippen LogP contribution in [-0.2, 0) is 15.7 Å².